The summed E-state index contributed by atoms with van der Waals surface area (Å²) in [6, 6.07) is 11.7. The Bertz CT molecular complexity index is 566. The van der Waals surface area contributed by atoms with E-state index in [0.717, 1.165) is 16.2 Å². The van der Waals surface area contributed by atoms with Crippen molar-refractivity contribution in [2.24, 2.45) is 0 Å². The summed E-state index contributed by atoms with van der Waals surface area (Å²) in [4.78, 5) is 13.2. The first-order valence-electron chi connectivity index (χ1n) is 6.63. The van der Waals surface area contributed by atoms with Crippen LogP contribution in [0.1, 0.15) is 30.3 Å². The number of carbonyl (C=O) groups excluding carboxylic acids is 1. The lowest BCUT2D eigenvalue weighted by Crippen LogP contribution is -2.37. The first-order valence-corrected chi connectivity index (χ1v) is 7.51. The van der Waals surface area contributed by atoms with Crippen LogP contribution in [0.4, 0.5) is 0 Å². The van der Waals surface area contributed by atoms with E-state index < -0.39 is 6.10 Å². The zero-order valence-electron chi connectivity index (χ0n) is 11.9. The van der Waals surface area contributed by atoms with Crippen molar-refractivity contribution in [2.75, 3.05) is 0 Å². The lowest BCUT2D eigenvalue weighted by Gasteiger charge is -2.18. The summed E-state index contributed by atoms with van der Waals surface area (Å²) in [5.74, 6) is 0.615. The number of amides is 1. The molecule has 2 rings (SSSR count). The van der Waals surface area contributed by atoms with Gasteiger partial charge in [0.05, 0.1) is 6.04 Å². The molecule has 0 saturated carbocycles. The highest BCUT2D eigenvalue weighted by molar-refractivity contribution is 7.10. The number of rotatable bonds is 5. The van der Waals surface area contributed by atoms with Crippen LogP contribution in [0.2, 0.25) is 0 Å². The molecular formula is C16H19NO2S. The van der Waals surface area contributed by atoms with Gasteiger partial charge in [0.1, 0.15) is 5.75 Å². The standard InChI is InChI=1S/C16H19NO2S/c1-11-6-4-7-14(10-11)19-13(3)16(18)17-12(2)15-8-5-9-20-15/h4-10,12-13H,1-3H3,(H,17,18). The molecule has 0 bridgehead atoms. The molecule has 2 unspecified atom stereocenters. The highest BCUT2D eigenvalue weighted by atomic mass is 32.1. The molecule has 0 aliphatic rings. The topological polar surface area (TPSA) is 38.3 Å². The summed E-state index contributed by atoms with van der Waals surface area (Å²) in [6.45, 7) is 5.73. The average molecular weight is 289 g/mol. The van der Waals surface area contributed by atoms with E-state index in [1.807, 2.05) is 55.6 Å². The van der Waals surface area contributed by atoms with Crippen LogP contribution in [0.3, 0.4) is 0 Å². The summed E-state index contributed by atoms with van der Waals surface area (Å²) < 4.78 is 5.67. The van der Waals surface area contributed by atoms with Crippen molar-refractivity contribution >= 4 is 17.2 Å². The number of carbonyl (C=O) groups is 1. The molecule has 0 saturated heterocycles. The fraction of sp³-hybridized carbons (Fsp3) is 0.312. The highest BCUT2D eigenvalue weighted by Crippen LogP contribution is 2.19. The van der Waals surface area contributed by atoms with Crippen molar-refractivity contribution in [3.8, 4) is 5.75 Å². The van der Waals surface area contributed by atoms with Crippen LogP contribution < -0.4 is 10.1 Å². The Hall–Kier alpha value is -1.81. The Labute approximate surface area is 123 Å². The van der Waals surface area contributed by atoms with E-state index in [1.54, 1.807) is 18.3 Å². The second-order valence-corrected chi connectivity index (χ2v) is 5.80. The van der Waals surface area contributed by atoms with E-state index in [1.165, 1.54) is 0 Å². The molecule has 4 heteroatoms. The third-order valence-corrected chi connectivity index (χ3v) is 4.06. The average Bonchev–Trinajstić information content (AvgIpc) is 2.92. The van der Waals surface area contributed by atoms with Crippen LogP contribution in [-0.4, -0.2) is 12.0 Å². The molecule has 0 spiro atoms. The van der Waals surface area contributed by atoms with E-state index in [0.29, 0.717) is 0 Å². The highest BCUT2D eigenvalue weighted by Gasteiger charge is 2.18. The lowest BCUT2D eigenvalue weighted by molar-refractivity contribution is -0.127. The van der Waals surface area contributed by atoms with Gasteiger partial charge >= 0.3 is 0 Å². The fourth-order valence-corrected chi connectivity index (χ4v) is 2.62. The first kappa shape index (κ1) is 14.6. The van der Waals surface area contributed by atoms with Gasteiger partial charge in [-0.05, 0) is 49.9 Å². The zero-order chi connectivity index (χ0) is 14.5. The molecular weight excluding hydrogens is 270 g/mol. The third kappa shape index (κ3) is 3.84. The Balaban J connectivity index is 1.92. The molecule has 3 nitrogen and oxygen atoms in total. The van der Waals surface area contributed by atoms with Crippen LogP contribution in [0, 0.1) is 6.92 Å². The van der Waals surface area contributed by atoms with Gasteiger partial charge in [-0.25, -0.2) is 0 Å². The number of hydrogen-bond acceptors (Lipinski definition) is 3. The molecule has 1 heterocycles. The zero-order valence-corrected chi connectivity index (χ0v) is 12.7. The number of hydrogen-bond donors (Lipinski definition) is 1. The number of benzene rings is 1. The molecule has 2 atom stereocenters. The van der Waals surface area contributed by atoms with Gasteiger partial charge in [-0.15, -0.1) is 11.3 Å². The molecule has 106 valence electrons. The van der Waals surface area contributed by atoms with E-state index in [4.69, 9.17) is 4.74 Å². The maximum atomic E-state index is 12.1. The van der Waals surface area contributed by atoms with Crippen LogP contribution in [0.5, 0.6) is 5.75 Å². The summed E-state index contributed by atoms with van der Waals surface area (Å²) >= 11 is 1.64. The minimum atomic E-state index is -0.515. The van der Waals surface area contributed by atoms with Gasteiger partial charge in [-0.1, -0.05) is 18.2 Å². The van der Waals surface area contributed by atoms with Crippen molar-refractivity contribution in [1.29, 1.82) is 0 Å². The summed E-state index contributed by atoms with van der Waals surface area (Å²) in [5.41, 5.74) is 1.11. The SMILES string of the molecule is Cc1cccc(OC(C)C(=O)NC(C)c2cccs2)c1. The summed E-state index contributed by atoms with van der Waals surface area (Å²) in [7, 11) is 0. The number of nitrogens with one attached hydrogen (secondary N) is 1. The minimum Gasteiger partial charge on any atom is -0.481 e. The smallest absolute Gasteiger partial charge is 0.261 e. The second-order valence-electron chi connectivity index (χ2n) is 4.82. The molecule has 2 aromatic rings. The van der Waals surface area contributed by atoms with E-state index in [9.17, 15) is 4.79 Å². The lowest BCUT2D eigenvalue weighted by atomic mass is 10.2. The van der Waals surface area contributed by atoms with Gasteiger partial charge in [0.15, 0.2) is 6.10 Å². The van der Waals surface area contributed by atoms with Gasteiger partial charge in [0, 0.05) is 4.88 Å². The number of ether oxygens (including phenoxy) is 1. The maximum absolute atomic E-state index is 12.1. The molecule has 0 aliphatic heterocycles. The number of aryl methyl sites for hydroxylation is 1. The molecule has 20 heavy (non-hydrogen) atoms. The largest absolute Gasteiger partial charge is 0.481 e. The predicted octanol–water partition coefficient (Wildman–Crippen LogP) is 3.70. The van der Waals surface area contributed by atoms with E-state index >= 15 is 0 Å². The van der Waals surface area contributed by atoms with Gasteiger partial charge < -0.3 is 10.1 Å². The van der Waals surface area contributed by atoms with Crippen molar-refractivity contribution < 1.29 is 9.53 Å². The summed E-state index contributed by atoms with van der Waals surface area (Å²) in [5, 5.41) is 4.97. The van der Waals surface area contributed by atoms with Crippen molar-refractivity contribution in [2.45, 2.75) is 32.9 Å². The normalized spacial score (nSPS) is 13.6. The van der Waals surface area contributed by atoms with Crippen LogP contribution in [-0.2, 0) is 4.79 Å². The maximum Gasteiger partial charge on any atom is 0.261 e. The molecule has 1 N–H and O–H groups in total. The molecule has 1 amide bonds. The third-order valence-electron chi connectivity index (χ3n) is 3.00. The van der Waals surface area contributed by atoms with Gasteiger partial charge in [0.25, 0.3) is 5.91 Å². The van der Waals surface area contributed by atoms with Crippen molar-refractivity contribution in [1.82, 2.24) is 5.32 Å². The Morgan fingerprint density at radius 2 is 2.05 bits per heavy atom. The Morgan fingerprint density at radius 1 is 1.25 bits per heavy atom. The first-order chi connectivity index (χ1) is 9.56. The molecule has 0 aliphatic carbocycles. The van der Waals surface area contributed by atoms with Crippen LogP contribution in [0.25, 0.3) is 0 Å². The van der Waals surface area contributed by atoms with Crippen LogP contribution >= 0.6 is 11.3 Å². The second kappa shape index (κ2) is 6.57. The van der Waals surface area contributed by atoms with Crippen LogP contribution in [0.15, 0.2) is 41.8 Å². The summed E-state index contributed by atoms with van der Waals surface area (Å²) in [6.07, 6.45) is -0.515. The molecule has 0 fully saturated rings. The number of thiophene rings is 1. The van der Waals surface area contributed by atoms with Gasteiger partial charge in [0.2, 0.25) is 0 Å². The minimum absolute atomic E-state index is 0.00561. The van der Waals surface area contributed by atoms with Crippen molar-refractivity contribution in [3.63, 3.8) is 0 Å². The van der Waals surface area contributed by atoms with Crippen molar-refractivity contribution in [3.05, 3.63) is 52.2 Å². The Kier molecular flexibility index (Phi) is 4.79. The monoisotopic (exact) mass is 289 g/mol. The fourth-order valence-electron chi connectivity index (χ4n) is 1.89. The van der Waals surface area contributed by atoms with E-state index in [2.05, 4.69) is 5.32 Å². The van der Waals surface area contributed by atoms with Gasteiger partial charge in [-0.2, -0.15) is 0 Å². The molecule has 0 radical (unpaired) electrons. The predicted molar refractivity (Wildman–Crippen MR) is 82.1 cm³/mol. The Morgan fingerprint density at radius 3 is 2.70 bits per heavy atom. The van der Waals surface area contributed by atoms with E-state index in [-0.39, 0.29) is 11.9 Å². The molecule has 1 aromatic carbocycles. The van der Waals surface area contributed by atoms with Gasteiger partial charge in [-0.3, -0.25) is 4.79 Å². The quantitative estimate of drug-likeness (QED) is 0.911. The molecule has 1 aromatic heterocycles.